The second-order valence-corrected chi connectivity index (χ2v) is 12.3. The van der Waals surface area contributed by atoms with Crippen LogP contribution in [-0.2, 0) is 10.0 Å². The number of benzene rings is 3. The first-order valence-electron chi connectivity index (χ1n) is 12.1. The van der Waals surface area contributed by atoms with Crippen LogP contribution >= 0.6 is 23.1 Å². The van der Waals surface area contributed by atoms with Crippen LogP contribution in [0.15, 0.2) is 82.6 Å². The number of thioether (sulfide) groups is 1. The van der Waals surface area contributed by atoms with Crippen LogP contribution in [0.2, 0.25) is 0 Å². The van der Waals surface area contributed by atoms with E-state index in [4.69, 9.17) is 4.98 Å². The van der Waals surface area contributed by atoms with Crippen molar-refractivity contribution < 1.29 is 13.2 Å². The van der Waals surface area contributed by atoms with E-state index in [2.05, 4.69) is 29.4 Å². The molecule has 0 spiro atoms. The first-order valence-corrected chi connectivity index (χ1v) is 15.6. The molecule has 10 heteroatoms. The molecule has 0 saturated carbocycles. The number of rotatable bonds is 7. The number of thiazole rings is 1. The van der Waals surface area contributed by atoms with E-state index in [1.165, 1.54) is 26.0 Å². The summed E-state index contributed by atoms with van der Waals surface area (Å²) >= 11 is 3.38. The van der Waals surface area contributed by atoms with E-state index >= 15 is 0 Å². The van der Waals surface area contributed by atoms with Crippen molar-refractivity contribution in [2.45, 2.75) is 16.7 Å². The van der Waals surface area contributed by atoms with Gasteiger partial charge in [0.25, 0.3) is 15.9 Å². The van der Waals surface area contributed by atoms with Gasteiger partial charge in [0.15, 0.2) is 5.13 Å². The van der Waals surface area contributed by atoms with Crippen LogP contribution in [0.1, 0.15) is 17.3 Å². The molecule has 1 aromatic heterocycles. The lowest BCUT2D eigenvalue weighted by atomic mass is 10.2. The van der Waals surface area contributed by atoms with Gasteiger partial charge in [0.05, 0.1) is 20.8 Å². The maximum absolute atomic E-state index is 13.2. The van der Waals surface area contributed by atoms with E-state index in [9.17, 15) is 13.2 Å². The van der Waals surface area contributed by atoms with Crippen LogP contribution in [0.25, 0.3) is 10.2 Å². The molecule has 0 bridgehead atoms. The van der Waals surface area contributed by atoms with Crippen LogP contribution in [0.5, 0.6) is 0 Å². The number of aromatic nitrogens is 1. The van der Waals surface area contributed by atoms with Crippen molar-refractivity contribution in [1.29, 1.82) is 0 Å². The van der Waals surface area contributed by atoms with Crippen LogP contribution in [0.4, 0.5) is 10.8 Å². The summed E-state index contributed by atoms with van der Waals surface area (Å²) in [6.07, 6.45) is 2.06. The number of nitrogens with zero attached hydrogens (tertiary/aromatic N) is 4. The summed E-state index contributed by atoms with van der Waals surface area (Å²) in [6, 6.07) is 21.5. The number of para-hydroxylation sites is 2. The highest BCUT2D eigenvalue weighted by Gasteiger charge is 2.26. The summed E-state index contributed by atoms with van der Waals surface area (Å²) < 4.78 is 29.0. The number of hydrogen-bond donors (Lipinski definition) is 0. The van der Waals surface area contributed by atoms with E-state index in [0.29, 0.717) is 44.0 Å². The Bertz CT molecular complexity index is 1500. The Morgan fingerprint density at radius 1 is 0.973 bits per heavy atom. The molecule has 2 heterocycles. The average molecular weight is 553 g/mol. The van der Waals surface area contributed by atoms with Gasteiger partial charge in [0.2, 0.25) is 0 Å². The fraction of sp³-hybridized carbons (Fsp3) is 0.259. The van der Waals surface area contributed by atoms with Gasteiger partial charge in [-0.25, -0.2) is 13.4 Å². The average Bonchev–Trinajstić information content (AvgIpc) is 3.38. The third-order valence-electron chi connectivity index (χ3n) is 6.45. The normalized spacial score (nSPS) is 14.2. The highest BCUT2D eigenvalue weighted by molar-refractivity contribution is 7.98. The van der Waals surface area contributed by atoms with Gasteiger partial charge in [-0.2, -0.15) is 0 Å². The Morgan fingerprint density at radius 2 is 1.68 bits per heavy atom. The Labute approximate surface area is 225 Å². The third-order valence-corrected chi connectivity index (χ3v) is 10.2. The number of fused-ring (bicyclic) bond motifs is 1. The van der Waals surface area contributed by atoms with Gasteiger partial charge < -0.3 is 9.80 Å². The zero-order valence-corrected chi connectivity index (χ0v) is 23.2. The molecule has 0 aliphatic carbocycles. The van der Waals surface area contributed by atoms with Gasteiger partial charge in [-0.1, -0.05) is 35.6 Å². The highest BCUT2D eigenvalue weighted by atomic mass is 32.2. The van der Waals surface area contributed by atoms with E-state index in [1.54, 1.807) is 54.3 Å². The quantitative estimate of drug-likeness (QED) is 0.294. The molecule has 1 amide bonds. The van der Waals surface area contributed by atoms with E-state index in [-0.39, 0.29) is 10.8 Å². The molecule has 7 nitrogen and oxygen atoms in total. The lowest BCUT2D eigenvalue weighted by Crippen LogP contribution is -2.48. The fourth-order valence-corrected chi connectivity index (χ4v) is 7.62. The molecule has 0 N–H and O–H groups in total. The van der Waals surface area contributed by atoms with E-state index in [0.717, 1.165) is 10.6 Å². The number of sulfonamides is 1. The minimum Gasteiger partial charge on any atom is -0.345 e. The molecule has 0 radical (unpaired) electrons. The molecule has 1 fully saturated rings. The lowest BCUT2D eigenvalue weighted by molar-refractivity contribution is 0.0746. The number of amides is 1. The molecular formula is C27H28N4O3S3. The van der Waals surface area contributed by atoms with Gasteiger partial charge >= 0.3 is 0 Å². The number of hydrogen-bond acceptors (Lipinski definition) is 7. The summed E-state index contributed by atoms with van der Waals surface area (Å²) in [5.41, 5.74) is 2.14. The maximum atomic E-state index is 13.2. The number of carbonyl (C=O) groups excluding carboxylic acids is 1. The monoisotopic (exact) mass is 552 g/mol. The molecule has 0 unspecified atom stereocenters. The molecule has 3 aromatic carbocycles. The predicted molar refractivity (Wildman–Crippen MR) is 153 cm³/mol. The van der Waals surface area contributed by atoms with Crippen LogP contribution in [0.3, 0.4) is 0 Å². The summed E-state index contributed by atoms with van der Waals surface area (Å²) in [4.78, 5) is 23.4. The zero-order valence-electron chi connectivity index (χ0n) is 20.7. The summed E-state index contributed by atoms with van der Waals surface area (Å²) in [6.45, 7) is 4.69. The van der Waals surface area contributed by atoms with Gasteiger partial charge in [0.1, 0.15) is 0 Å². The summed E-state index contributed by atoms with van der Waals surface area (Å²) in [5.74, 6) is -0.0898. The standard InChI is InChI=1S/C27H28N4O3S3/c1-3-31(21-8-5-4-6-9-21)37(33,34)22-14-12-20(13-15-22)26(32)29-16-18-30(19-17-29)27-28-25-23(35-2)10-7-11-24(25)36-27/h4-15H,3,16-19H2,1-2H3. The van der Waals surface area contributed by atoms with Crippen molar-refractivity contribution in [1.82, 2.24) is 9.88 Å². The summed E-state index contributed by atoms with van der Waals surface area (Å²) in [7, 11) is -3.73. The van der Waals surface area contributed by atoms with Gasteiger partial charge in [-0.3, -0.25) is 9.10 Å². The highest BCUT2D eigenvalue weighted by Crippen LogP contribution is 2.34. The van der Waals surface area contributed by atoms with Crippen molar-refractivity contribution in [3.05, 3.63) is 78.4 Å². The first-order chi connectivity index (χ1) is 17.9. The van der Waals surface area contributed by atoms with Crippen molar-refractivity contribution in [2.75, 3.05) is 48.2 Å². The second kappa shape index (κ2) is 10.7. The minimum absolute atomic E-state index is 0.0898. The maximum Gasteiger partial charge on any atom is 0.264 e. The lowest BCUT2D eigenvalue weighted by Gasteiger charge is -2.34. The topological polar surface area (TPSA) is 73.8 Å². The Balaban J connectivity index is 1.26. The molecule has 37 heavy (non-hydrogen) atoms. The Hall–Kier alpha value is -3.08. The molecule has 5 rings (SSSR count). The predicted octanol–water partition coefficient (Wildman–Crippen LogP) is 5.20. The molecule has 1 saturated heterocycles. The molecule has 4 aromatic rings. The Morgan fingerprint density at radius 3 is 2.32 bits per heavy atom. The summed E-state index contributed by atoms with van der Waals surface area (Å²) in [5, 5.41) is 0.983. The Kier molecular flexibility index (Phi) is 7.41. The molecule has 0 atom stereocenters. The van der Waals surface area contributed by atoms with Crippen LogP contribution < -0.4 is 9.21 Å². The van der Waals surface area contributed by atoms with Gasteiger partial charge in [-0.05, 0) is 61.7 Å². The molecule has 1 aliphatic heterocycles. The van der Waals surface area contributed by atoms with Crippen LogP contribution in [-0.4, -0.2) is 63.2 Å². The van der Waals surface area contributed by atoms with E-state index in [1.807, 2.05) is 23.1 Å². The SMILES string of the molecule is CCN(c1ccccc1)S(=O)(=O)c1ccc(C(=O)N2CCN(c3nc4c(SC)cccc4s3)CC2)cc1. The van der Waals surface area contributed by atoms with Gasteiger partial charge in [-0.15, -0.1) is 11.8 Å². The van der Waals surface area contributed by atoms with Crippen molar-refractivity contribution in [3.8, 4) is 0 Å². The number of piperazine rings is 1. The third kappa shape index (κ3) is 5.05. The number of carbonyl (C=O) groups is 1. The van der Waals surface area contributed by atoms with Crippen LogP contribution in [0, 0.1) is 0 Å². The number of anilines is 2. The second-order valence-electron chi connectivity index (χ2n) is 8.61. The van der Waals surface area contributed by atoms with Crippen molar-refractivity contribution in [2.24, 2.45) is 0 Å². The molecule has 192 valence electrons. The van der Waals surface area contributed by atoms with Crippen molar-refractivity contribution in [3.63, 3.8) is 0 Å². The van der Waals surface area contributed by atoms with Crippen molar-refractivity contribution >= 4 is 60.1 Å². The first kappa shape index (κ1) is 25.6. The fourth-order valence-electron chi connectivity index (χ4n) is 4.48. The zero-order chi connectivity index (χ0) is 26.0. The van der Waals surface area contributed by atoms with E-state index < -0.39 is 10.0 Å². The largest absolute Gasteiger partial charge is 0.345 e. The van der Waals surface area contributed by atoms with Gasteiger partial charge in [0, 0.05) is 43.2 Å². The smallest absolute Gasteiger partial charge is 0.264 e. The minimum atomic E-state index is -3.73. The molecule has 1 aliphatic rings. The molecular weight excluding hydrogens is 525 g/mol.